The van der Waals surface area contributed by atoms with Crippen LogP contribution < -0.4 is 9.62 Å². The molecule has 0 saturated heterocycles. The zero-order valence-electron chi connectivity index (χ0n) is 15.5. The van der Waals surface area contributed by atoms with Gasteiger partial charge in [0.15, 0.2) is 0 Å². The van der Waals surface area contributed by atoms with E-state index in [1.807, 2.05) is 69.2 Å². The van der Waals surface area contributed by atoms with Crippen LogP contribution in [0.2, 0.25) is 0 Å². The molecule has 5 nitrogen and oxygen atoms in total. The second kappa shape index (κ2) is 7.99. The van der Waals surface area contributed by atoms with Gasteiger partial charge in [-0.15, -0.1) is 0 Å². The lowest BCUT2D eigenvalue weighted by atomic mass is 10.1. The SMILES string of the molecule is Cc1ccc(S(=O)(=O)NC[C@H](c2ccc(N(C)C)cc2)N(C)C)cc1. The molecule has 0 aromatic heterocycles. The molecule has 0 unspecified atom stereocenters. The van der Waals surface area contributed by atoms with Crippen molar-refractivity contribution < 1.29 is 8.42 Å². The Bertz CT molecular complexity index is 782. The van der Waals surface area contributed by atoms with Gasteiger partial charge in [-0.3, -0.25) is 0 Å². The molecule has 0 saturated carbocycles. The molecule has 0 fully saturated rings. The second-order valence-electron chi connectivity index (χ2n) is 6.63. The first kappa shape index (κ1) is 19.4. The van der Waals surface area contributed by atoms with Gasteiger partial charge in [0.25, 0.3) is 0 Å². The summed E-state index contributed by atoms with van der Waals surface area (Å²) in [5.74, 6) is 0. The van der Waals surface area contributed by atoms with Crippen LogP contribution in [0.5, 0.6) is 0 Å². The van der Waals surface area contributed by atoms with Crippen LogP contribution in [-0.4, -0.2) is 48.1 Å². The largest absolute Gasteiger partial charge is 0.378 e. The van der Waals surface area contributed by atoms with Crippen molar-refractivity contribution >= 4 is 15.7 Å². The Morgan fingerprint density at radius 2 is 1.48 bits per heavy atom. The molecule has 0 spiro atoms. The van der Waals surface area contributed by atoms with E-state index in [4.69, 9.17) is 0 Å². The number of hydrogen-bond acceptors (Lipinski definition) is 4. The fourth-order valence-electron chi connectivity index (χ4n) is 2.58. The van der Waals surface area contributed by atoms with E-state index in [0.29, 0.717) is 11.4 Å². The third-order valence-corrected chi connectivity index (χ3v) is 5.66. The molecule has 0 amide bonds. The first-order chi connectivity index (χ1) is 11.7. The van der Waals surface area contributed by atoms with Crippen molar-refractivity contribution in [2.24, 2.45) is 0 Å². The lowest BCUT2D eigenvalue weighted by Gasteiger charge is -2.25. The van der Waals surface area contributed by atoms with Crippen molar-refractivity contribution in [3.63, 3.8) is 0 Å². The van der Waals surface area contributed by atoms with Crippen LogP contribution in [0.4, 0.5) is 5.69 Å². The summed E-state index contributed by atoms with van der Waals surface area (Å²) in [6.07, 6.45) is 0. The average Bonchev–Trinajstić information content (AvgIpc) is 2.55. The fourth-order valence-corrected chi connectivity index (χ4v) is 3.62. The van der Waals surface area contributed by atoms with Gasteiger partial charge in [-0.05, 0) is 50.8 Å². The molecule has 1 atom stereocenters. The van der Waals surface area contributed by atoms with Crippen molar-refractivity contribution in [2.45, 2.75) is 17.9 Å². The lowest BCUT2D eigenvalue weighted by molar-refractivity contribution is 0.299. The van der Waals surface area contributed by atoms with E-state index in [0.717, 1.165) is 16.8 Å². The molecule has 0 aliphatic rings. The number of rotatable bonds is 7. The number of nitrogens with one attached hydrogen (secondary N) is 1. The van der Waals surface area contributed by atoms with Gasteiger partial charge >= 0.3 is 0 Å². The smallest absolute Gasteiger partial charge is 0.240 e. The van der Waals surface area contributed by atoms with Gasteiger partial charge in [0.2, 0.25) is 10.0 Å². The Labute approximate surface area is 151 Å². The van der Waals surface area contributed by atoms with Crippen molar-refractivity contribution in [1.82, 2.24) is 9.62 Å². The van der Waals surface area contributed by atoms with Crippen LogP contribution >= 0.6 is 0 Å². The van der Waals surface area contributed by atoms with E-state index in [1.54, 1.807) is 24.3 Å². The molecule has 0 aliphatic carbocycles. The molecule has 2 aromatic carbocycles. The minimum Gasteiger partial charge on any atom is -0.378 e. The molecule has 0 radical (unpaired) electrons. The first-order valence-corrected chi connectivity index (χ1v) is 9.69. The molecule has 6 heteroatoms. The highest BCUT2D eigenvalue weighted by molar-refractivity contribution is 7.89. The van der Waals surface area contributed by atoms with E-state index in [-0.39, 0.29) is 6.04 Å². The van der Waals surface area contributed by atoms with Gasteiger partial charge in [0.05, 0.1) is 4.90 Å². The Morgan fingerprint density at radius 3 is 1.96 bits per heavy atom. The molecule has 0 bridgehead atoms. The minimum absolute atomic E-state index is 0.0450. The Balaban J connectivity index is 2.15. The van der Waals surface area contributed by atoms with Gasteiger partial charge in [0.1, 0.15) is 0 Å². The van der Waals surface area contributed by atoms with E-state index >= 15 is 0 Å². The standard InChI is InChI=1S/C19H27N3O2S/c1-15-6-12-18(13-7-15)25(23,24)20-14-19(22(4)5)16-8-10-17(11-9-16)21(2)3/h6-13,19-20H,14H2,1-5H3/t19-/m1/s1. The highest BCUT2D eigenvalue weighted by Crippen LogP contribution is 2.21. The van der Waals surface area contributed by atoms with Crippen molar-refractivity contribution in [3.8, 4) is 0 Å². The molecule has 1 N–H and O–H groups in total. The monoisotopic (exact) mass is 361 g/mol. The summed E-state index contributed by atoms with van der Waals surface area (Å²) in [4.78, 5) is 4.34. The normalized spacial score (nSPS) is 13.0. The summed E-state index contributed by atoms with van der Waals surface area (Å²) < 4.78 is 27.8. The predicted molar refractivity (Wildman–Crippen MR) is 104 cm³/mol. The second-order valence-corrected chi connectivity index (χ2v) is 8.40. The Kier molecular flexibility index (Phi) is 6.21. The number of likely N-dealkylation sites (N-methyl/N-ethyl adjacent to an activating group) is 1. The number of sulfonamides is 1. The van der Waals surface area contributed by atoms with E-state index in [1.165, 1.54) is 0 Å². The number of benzene rings is 2. The summed E-state index contributed by atoms with van der Waals surface area (Å²) in [5.41, 5.74) is 3.22. The van der Waals surface area contributed by atoms with Gasteiger partial charge in [-0.25, -0.2) is 13.1 Å². The van der Waals surface area contributed by atoms with Crippen LogP contribution in [0.3, 0.4) is 0 Å². The van der Waals surface area contributed by atoms with E-state index in [9.17, 15) is 8.42 Å². The van der Waals surface area contributed by atoms with Crippen LogP contribution in [0.15, 0.2) is 53.4 Å². The quantitative estimate of drug-likeness (QED) is 0.824. The Hall–Kier alpha value is -1.89. The third-order valence-electron chi connectivity index (χ3n) is 4.22. The van der Waals surface area contributed by atoms with Crippen LogP contribution in [0.1, 0.15) is 17.2 Å². The Morgan fingerprint density at radius 1 is 0.920 bits per heavy atom. The zero-order chi connectivity index (χ0) is 18.6. The first-order valence-electron chi connectivity index (χ1n) is 8.21. The molecule has 25 heavy (non-hydrogen) atoms. The topological polar surface area (TPSA) is 52.7 Å². The maximum Gasteiger partial charge on any atom is 0.240 e. The van der Waals surface area contributed by atoms with Crippen molar-refractivity contribution in [1.29, 1.82) is 0 Å². The number of anilines is 1. The van der Waals surface area contributed by atoms with Crippen LogP contribution in [0, 0.1) is 6.92 Å². The molecule has 0 aliphatic heterocycles. The van der Waals surface area contributed by atoms with E-state index < -0.39 is 10.0 Å². The summed E-state index contributed by atoms with van der Waals surface area (Å²) in [6.45, 7) is 2.24. The summed E-state index contributed by atoms with van der Waals surface area (Å²) in [5, 5.41) is 0. The highest BCUT2D eigenvalue weighted by atomic mass is 32.2. The maximum atomic E-state index is 12.5. The van der Waals surface area contributed by atoms with Crippen LogP contribution in [0.25, 0.3) is 0 Å². The van der Waals surface area contributed by atoms with Crippen molar-refractivity contribution in [3.05, 3.63) is 59.7 Å². The molecule has 136 valence electrons. The minimum atomic E-state index is -3.52. The summed E-state index contributed by atoms with van der Waals surface area (Å²) in [6, 6.07) is 15.0. The van der Waals surface area contributed by atoms with Gasteiger partial charge in [-0.1, -0.05) is 29.8 Å². The van der Waals surface area contributed by atoms with Gasteiger partial charge in [-0.2, -0.15) is 0 Å². The fraction of sp³-hybridized carbons (Fsp3) is 0.368. The average molecular weight is 362 g/mol. The van der Waals surface area contributed by atoms with Crippen molar-refractivity contribution in [2.75, 3.05) is 39.6 Å². The number of nitrogens with zero attached hydrogens (tertiary/aromatic N) is 2. The third kappa shape index (κ3) is 5.04. The van der Waals surface area contributed by atoms with Crippen LogP contribution in [-0.2, 0) is 10.0 Å². The highest BCUT2D eigenvalue weighted by Gasteiger charge is 2.19. The molecular formula is C19H27N3O2S. The van der Waals surface area contributed by atoms with E-state index in [2.05, 4.69) is 4.72 Å². The molecule has 2 rings (SSSR count). The number of aryl methyl sites for hydroxylation is 1. The maximum absolute atomic E-state index is 12.5. The predicted octanol–water partition coefficient (Wildman–Crippen LogP) is 2.64. The summed E-state index contributed by atoms with van der Waals surface area (Å²) in [7, 11) is 4.37. The molecule has 0 heterocycles. The lowest BCUT2D eigenvalue weighted by Crippen LogP contribution is -2.34. The van der Waals surface area contributed by atoms with Gasteiger partial charge in [0, 0.05) is 32.4 Å². The molecular weight excluding hydrogens is 334 g/mol. The number of hydrogen-bond donors (Lipinski definition) is 1. The van der Waals surface area contributed by atoms with Gasteiger partial charge < -0.3 is 9.80 Å². The summed E-state index contributed by atoms with van der Waals surface area (Å²) >= 11 is 0. The molecule has 2 aromatic rings. The zero-order valence-corrected chi connectivity index (χ0v) is 16.3.